The Morgan fingerprint density at radius 1 is 1.00 bits per heavy atom. The van der Waals surface area contributed by atoms with Crippen LogP contribution in [0.2, 0.25) is 0 Å². The molecule has 0 unspecified atom stereocenters. The first-order chi connectivity index (χ1) is 21.1. The number of fused-ring (bicyclic) bond motifs is 5. The lowest BCUT2D eigenvalue weighted by Gasteiger charge is -2.42. The zero-order chi connectivity index (χ0) is 31.2. The highest BCUT2D eigenvalue weighted by atomic mass is 16.3. The van der Waals surface area contributed by atoms with Crippen LogP contribution in [0.3, 0.4) is 0 Å². The van der Waals surface area contributed by atoms with Gasteiger partial charge in [-0.2, -0.15) is 0 Å². The van der Waals surface area contributed by atoms with Crippen molar-refractivity contribution in [2.24, 2.45) is 0 Å². The summed E-state index contributed by atoms with van der Waals surface area (Å²) < 4.78 is 7.16. The van der Waals surface area contributed by atoms with Gasteiger partial charge in [0, 0.05) is 29.0 Å². The number of nitrogens with one attached hydrogen (secondary N) is 1. The molecule has 3 aromatic carbocycles. The molecule has 0 atom stereocenters. The number of hydrogen-bond acceptors (Lipinski definition) is 3. The third kappa shape index (κ3) is 4.93. The third-order valence-electron chi connectivity index (χ3n) is 9.99. The quantitative estimate of drug-likeness (QED) is 0.127. The Bertz CT molecular complexity index is 1790. The second kappa shape index (κ2) is 11.5. The molecule has 0 saturated heterocycles. The summed E-state index contributed by atoms with van der Waals surface area (Å²) in [5, 5.41) is 4.87. The lowest BCUT2D eigenvalue weighted by Crippen LogP contribution is -2.51. The van der Waals surface area contributed by atoms with Gasteiger partial charge in [0.1, 0.15) is 5.58 Å². The number of nitrogens with zero attached hydrogens (tertiary/aromatic N) is 1. The van der Waals surface area contributed by atoms with Crippen molar-refractivity contribution in [1.29, 1.82) is 0 Å². The minimum atomic E-state index is -0.0580. The van der Waals surface area contributed by atoms with Gasteiger partial charge in [-0.05, 0) is 96.4 Å². The van der Waals surface area contributed by atoms with E-state index in [0.717, 1.165) is 35.5 Å². The van der Waals surface area contributed by atoms with Crippen molar-refractivity contribution in [2.45, 2.75) is 85.0 Å². The largest absolute Gasteiger partial charge is 0.468 e. The summed E-state index contributed by atoms with van der Waals surface area (Å²) in [7, 11) is 0. The molecule has 4 heteroatoms. The maximum Gasteiger partial charge on any atom is 0.294 e. The van der Waals surface area contributed by atoms with Gasteiger partial charge >= 0.3 is 0 Å². The summed E-state index contributed by atoms with van der Waals surface area (Å²) >= 11 is 0. The molecule has 0 bridgehead atoms. The molecule has 1 aliphatic carbocycles. The fraction of sp³-hybridized carbons (Fsp3) is 0.350. The molecule has 0 spiro atoms. The molecule has 1 aromatic heterocycles. The molecule has 2 aliphatic rings. The lowest BCUT2D eigenvalue weighted by atomic mass is 9.36. The SMILES string of the molecule is C=CCNc1cccc2c1B(C(/C=C\CCC)=C/C)c1oc3cc4c(cc3c1N2c1ccccc1C)C(C)(C)CCC4(C)C. The Labute approximate surface area is 264 Å². The molecule has 6 rings (SSSR count). The zero-order valence-electron chi connectivity index (χ0n) is 27.7. The standard InChI is InChI=1S/C40H47BN2O/c1-9-12-13-18-28(11-3)41-36-32(42-24-10-2)19-16-21-34(36)43(33-20-15-14-17-27(33)4)37-29-25-30-31(26-35(29)44-38(37)41)40(7,8)23-22-39(30,5)6/h10-11,13-21,25-26,42H,2,9,12,22-24H2,1,3-8H3/b18-13-,28-11+. The normalized spacial score (nSPS) is 17.0. The number of allylic oxidation sites excluding steroid dienone is 4. The van der Waals surface area contributed by atoms with Crippen LogP contribution >= 0.6 is 0 Å². The van der Waals surface area contributed by atoms with Crippen molar-refractivity contribution < 1.29 is 4.42 Å². The molecule has 4 aromatic rings. The molecule has 0 saturated carbocycles. The fourth-order valence-electron chi connectivity index (χ4n) is 7.36. The zero-order valence-corrected chi connectivity index (χ0v) is 27.7. The summed E-state index contributed by atoms with van der Waals surface area (Å²) in [6.07, 6.45) is 13.3. The van der Waals surface area contributed by atoms with Gasteiger partial charge in [0.2, 0.25) is 0 Å². The molecule has 0 radical (unpaired) electrons. The third-order valence-corrected chi connectivity index (χ3v) is 9.99. The van der Waals surface area contributed by atoms with Crippen LogP contribution in [0.15, 0.2) is 95.4 Å². The predicted molar refractivity (Wildman–Crippen MR) is 192 cm³/mol. The van der Waals surface area contributed by atoms with Crippen LogP contribution in [0, 0.1) is 6.92 Å². The van der Waals surface area contributed by atoms with Crippen LogP contribution in [0.25, 0.3) is 11.0 Å². The number of unbranched alkanes of at least 4 members (excludes halogenated alkanes) is 1. The minimum absolute atomic E-state index is 0.0580. The fourth-order valence-corrected chi connectivity index (χ4v) is 7.36. The number of benzene rings is 3. The van der Waals surface area contributed by atoms with Gasteiger partial charge in [-0.3, -0.25) is 0 Å². The highest BCUT2D eigenvalue weighted by molar-refractivity contribution is 6.94. The highest BCUT2D eigenvalue weighted by Gasteiger charge is 2.44. The monoisotopic (exact) mass is 582 g/mol. The average Bonchev–Trinajstić information content (AvgIpc) is 3.38. The number of aryl methyl sites for hydroxylation is 1. The molecule has 0 amide bonds. The van der Waals surface area contributed by atoms with Gasteiger partial charge in [-0.15, -0.1) is 6.58 Å². The topological polar surface area (TPSA) is 28.4 Å². The van der Waals surface area contributed by atoms with Gasteiger partial charge in [-0.1, -0.05) is 95.1 Å². The summed E-state index contributed by atoms with van der Waals surface area (Å²) in [5.74, 6) is 0. The molecule has 1 N–H and O–H groups in total. The van der Waals surface area contributed by atoms with Crippen molar-refractivity contribution >= 4 is 51.6 Å². The van der Waals surface area contributed by atoms with Gasteiger partial charge in [-0.25, -0.2) is 0 Å². The Balaban J connectivity index is 1.73. The van der Waals surface area contributed by atoms with E-state index in [1.807, 2.05) is 6.08 Å². The van der Waals surface area contributed by atoms with Crippen LogP contribution in [-0.4, -0.2) is 13.3 Å². The van der Waals surface area contributed by atoms with Gasteiger partial charge in [0.25, 0.3) is 6.71 Å². The van der Waals surface area contributed by atoms with Crippen molar-refractivity contribution in [3.8, 4) is 0 Å². The molecule has 226 valence electrons. The van der Waals surface area contributed by atoms with Crippen molar-refractivity contribution in [3.63, 3.8) is 0 Å². The summed E-state index contributed by atoms with van der Waals surface area (Å²) in [5.41, 5.74) is 13.4. The number of anilines is 4. The van der Waals surface area contributed by atoms with E-state index >= 15 is 0 Å². The van der Waals surface area contributed by atoms with E-state index < -0.39 is 0 Å². The van der Waals surface area contributed by atoms with Gasteiger partial charge in [0.05, 0.1) is 11.3 Å². The first kappa shape index (κ1) is 30.1. The van der Waals surface area contributed by atoms with E-state index in [1.54, 1.807) is 0 Å². The molecule has 0 fully saturated rings. The van der Waals surface area contributed by atoms with E-state index in [9.17, 15) is 0 Å². The van der Waals surface area contributed by atoms with E-state index in [2.05, 4.69) is 138 Å². The second-order valence-corrected chi connectivity index (χ2v) is 13.9. The van der Waals surface area contributed by atoms with Crippen molar-refractivity contribution in [3.05, 3.63) is 108 Å². The number of furan rings is 1. The number of hydrogen-bond donors (Lipinski definition) is 1. The molecule has 1 aliphatic heterocycles. The molecule has 44 heavy (non-hydrogen) atoms. The Kier molecular flexibility index (Phi) is 7.90. The second-order valence-electron chi connectivity index (χ2n) is 13.9. The van der Waals surface area contributed by atoms with E-state index in [1.165, 1.54) is 57.2 Å². The maximum absolute atomic E-state index is 7.16. The van der Waals surface area contributed by atoms with Crippen LogP contribution < -0.4 is 21.3 Å². The Morgan fingerprint density at radius 2 is 1.70 bits per heavy atom. The molecular weight excluding hydrogens is 535 g/mol. The van der Waals surface area contributed by atoms with Crippen LogP contribution in [0.1, 0.15) is 83.9 Å². The number of rotatable bonds is 8. The minimum Gasteiger partial charge on any atom is -0.468 e. The van der Waals surface area contributed by atoms with E-state index in [4.69, 9.17) is 4.42 Å². The van der Waals surface area contributed by atoms with Gasteiger partial charge < -0.3 is 14.6 Å². The summed E-state index contributed by atoms with van der Waals surface area (Å²) in [6.45, 7) is 20.8. The van der Waals surface area contributed by atoms with Crippen LogP contribution in [0.5, 0.6) is 0 Å². The smallest absolute Gasteiger partial charge is 0.294 e. The van der Waals surface area contributed by atoms with E-state index in [0.29, 0.717) is 6.54 Å². The highest BCUT2D eigenvalue weighted by Crippen LogP contribution is 2.50. The molecular formula is C40H47BN2O. The Hall–Kier alpha value is -3.92. The summed E-state index contributed by atoms with van der Waals surface area (Å²) in [6, 6.07) is 20.2. The number of para-hydroxylation sites is 1. The lowest BCUT2D eigenvalue weighted by molar-refractivity contribution is 0.332. The van der Waals surface area contributed by atoms with Crippen LogP contribution in [0.4, 0.5) is 22.7 Å². The molecule has 2 heterocycles. The van der Waals surface area contributed by atoms with Crippen molar-refractivity contribution in [2.75, 3.05) is 16.8 Å². The van der Waals surface area contributed by atoms with Crippen LogP contribution in [-0.2, 0) is 10.8 Å². The predicted octanol–water partition coefficient (Wildman–Crippen LogP) is 9.92. The van der Waals surface area contributed by atoms with Crippen molar-refractivity contribution in [1.82, 2.24) is 0 Å². The maximum atomic E-state index is 7.16. The first-order valence-corrected chi connectivity index (χ1v) is 16.4. The average molecular weight is 583 g/mol. The molecule has 3 nitrogen and oxygen atoms in total. The van der Waals surface area contributed by atoms with E-state index in [-0.39, 0.29) is 17.5 Å². The van der Waals surface area contributed by atoms with Gasteiger partial charge in [0.15, 0.2) is 0 Å². The summed E-state index contributed by atoms with van der Waals surface area (Å²) in [4.78, 5) is 2.47. The Morgan fingerprint density at radius 3 is 2.39 bits per heavy atom. The first-order valence-electron chi connectivity index (χ1n) is 16.4.